The van der Waals surface area contributed by atoms with Crippen molar-refractivity contribution in [1.82, 2.24) is 25.1 Å². The second-order valence-electron chi connectivity index (χ2n) is 7.87. The van der Waals surface area contributed by atoms with Crippen LogP contribution in [0.15, 0.2) is 48.8 Å². The minimum absolute atomic E-state index is 0.504. The quantitative estimate of drug-likeness (QED) is 0.312. The molecule has 0 saturated carbocycles. The molecule has 8 heteroatoms. The van der Waals surface area contributed by atoms with Crippen LogP contribution in [-0.4, -0.2) is 38.8 Å². The van der Waals surface area contributed by atoms with E-state index < -0.39 is 0 Å². The second kappa shape index (κ2) is 8.22. The third-order valence-corrected chi connectivity index (χ3v) is 5.78. The summed E-state index contributed by atoms with van der Waals surface area (Å²) in [5.74, 6) is 1.90. The van der Waals surface area contributed by atoms with E-state index in [1.165, 1.54) is 5.56 Å². The Kier molecular flexibility index (Phi) is 5.10. The first-order chi connectivity index (χ1) is 15.6. The van der Waals surface area contributed by atoms with Crippen LogP contribution < -0.4 is 15.8 Å². The summed E-state index contributed by atoms with van der Waals surface area (Å²) in [6, 6.07) is 12.2. The maximum Gasteiger partial charge on any atom is 0.224 e. The number of hydrogen-bond donors (Lipinski definition) is 4. The minimum Gasteiger partial charge on any atom is -0.497 e. The van der Waals surface area contributed by atoms with E-state index in [0.717, 1.165) is 50.8 Å². The van der Waals surface area contributed by atoms with Crippen LogP contribution in [0.3, 0.4) is 0 Å². The van der Waals surface area contributed by atoms with Crippen LogP contribution in [0.25, 0.3) is 21.8 Å². The van der Waals surface area contributed by atoms with Gasteiger partial charge in [0.15, 0.2) is 0 Å². The SMILES string of the molecule is COc1ccc2[nH]cc(CCNc3nc(C)c(Cc4ccc5[nH]ncc5c4)c(N)n3)c2c1. The monoisotopic (exact) mass is 427 g/mol. The number of aryl methyl sites for hydroxylation is 1. The molecular formula is C24H25N7O. The molecule has 0 atom stereocenters. The molecule has 0 unspecified atom stereocenters. The molecule has 5 rings (SSSR count). The van der Waals surface area contributed by atoms with Crippen LogP contribution in [-0.2, 0) is 12.8 Å². The summed E-state index contributed by atoms with van der Waals surface area (Å²) < 4.78 is 5.35. The lowest BCUT2D eigenvalue weighted by Gasteiger charge is -2.12. The molecule has 162 valence electrons. The van der Waals surface area contributed by atoms with E-state index in [0.29, 0.717) is 24.7 Å². The third kappa shape index (κ3) is 3.82. The first kappa shape index (κ1) is 19.9. The highest BCUT2D eigenvalue weighted by Gasteiger charge is 2.11. The molecule has 0 spiro atoms. The third-order valence-electron chi connectivity index (χ3n) is 5.78. The lowest BCUT2D eigenvalue weighted by molar-refractivity contribution is 0.415. The number of nitrogen functional groups attached to an aromatic ring is 1. The van der Waals surface area contributed by atoms with Gasteiger partial charge in [0.2, 0.25) is 5.95 Å². The number of aromatic nitrogens is 5. The fourth-order valence-electron chi connectivity index (χ4n) is 4.02. The summed E-state index contributed by atoms with van der Waals surface area (Å²) in [4.78, 5) is 12.4. The maximum absolute atomic E-state index is 6.31. The van der Waals surface area contributed by atoms with E-state index in [2.05, 4.69) is 48.7 Å². The molecule has 2 aromatic carbocycles. The lowest BCUT2D eigenvalue weighted by atomic mass is 10.0. The van der Waals surface area contributed by atoms with Crippen molar-refractivity contribution in [3.8, 4) is 5.75 Å². The van der Waals surface area contributed by atoms with Crippen LogP contribution >= 0.6 is 0 Å². The number of nitrogens with two attached hydrogens (primary N) is 1. The zero-order valence-corrected chi connectivity index (χ0v) is 18.1. The van der Waals surface area contributed by atoms with Crippen LogP contribution in [0.4, 0.5) is 11.8 Å². The smallest absolute Gasteiger partial charge is 0.224 e. The predicted molar refractivity (Wildman–Crippen MR) is 127 cm³/mol. The molecule has 5 aromatic rings. The van der Waals surface area contributed by atoms with E-state index in [9.17, 15) is 0 Å². The molecule has 8 nitrogen and oxygen atoms in total. The van der Waals surface area contributed by atoms with Gasteiger partial charge < -0.3 is 20.8 Å². The molecule has 3 aromatic heterocycles. The number of ether oxygens (including phenoxy) is 1. The van der Waals surface area contributed by atoms with Gasteiger partial charge in [0.25, 0.3) is 0 Å². The molecule has 32 heavy (non-hydrogen) atoms. The number of nitrogens with one attached hydrogen (secondary N) is 3. The van der Waals surface area contributed by atoms with Crippen molar-refractivity contribution in [2.75, 3.05) is 24.7 Å². The molecule has 0 aliphatic rings. The number of rotatable bonds is 7. The number of methoxy groups -OCH3 is 1. The second-order valence-corrected chi connectivity index (χ2v) is 7.87. The fraction of sp³-hybridized carbons (Fsp3) is 0.208. The zero-order valence-electron chi connectivity index (χ0n) is 18.1. The number of H-pyrrole nitrogens is 2. The summed E-state index contributed by atoms with van der Waals surface area (Å²) in [6.45, 7) is 2.67. The van der Waals surface area contributed by atoms with Crippen LogP contribution in [0.2, 0.25) is 0 Å². The summed E-state index contributed by atoms with van der Waals surface area (Å²) in [6.07, 6.45) is 5.35. The molecule has 0 fully saturated rings. The number of nitrogens with zero attached hydrogens (tertiary/aromatic N) is 3. The van der Waals surface area contributed by atoms with E-state index >= 15 is 0 Å². The van der Waals surface area contributed by atoms with Crippen molar-refractivity contribution >= 4 is 33.6 Å². The molecule has 0 bridgehead atoms. The Hall–Kier alpha value is -4.07. The van der Waals surface area contributed by atoms with E-state index in [1.807, 2.05) is 37.5 Å². The van der Waals surface area contributed by atoms with Crippen molar-refractivity contribution in [3.05, 3.63) is 71.2 Å². The first-order valence-electron chi connectivity index (χ1n) is 10.5. The van der Waals surface area contributed by atoms with E-state index in [-0.39, 0.29) is 0 Å². The maximum atomic E-state index is 6.31. The number of anilines is 2. The van der Waals surface area contributed by atoms with Gasteiger partial charge in [-0.1, -0.05) is 6.07 Å². The van der Waals surface area contributed by atoms with E-state index in [1.54, 1.807) is 7.11 Å². The highest BCUT2D eigenvalue weighted by atomic mass is 16.5. The van der Waals surface area contributed by atoms with Crippen molar-refractivity contribution in [1.29, 1.82) is 0 Å². The number of aromatic amines is 2. The summed E-state index contributed by atoms with van der Waals surface area (Å²) in [5, 5.41) is 12.6. The Balaban J connectivity index is 1.28. The lowest BCUT2D eigenvalue weighted by Crippen LogP contribution is -2.12. The number of fused-ring (bicyclic) bond motifs is 2. The van der Waals surface area contributed by atoms with Gasteiger partial charge in [-0.3, -0.25) is 5.10 Å². The van der Waals surface area contributed by atoms with Crippen molar-refractivity contribution in [3.63, 3.8) is 0 Å². The highest BCUT2D eigenvalue weighted by Crippen LogP contribution is 2.25. The molecule has 0 aliphatic carbocycles. The average Bonchev–Trinajstić information content (AvgIpc) is 3.42. The zero-order chi connectivity index (χ0) is 22.1. The molecule has 3 heterocycles. The van der Waals surface area contributed by atoms with Gasteiger partial charge in [-0.25, -0.2) is 4.98 Å². The Bertz CT molecular complexity index is 1380. The normalized spacial score (nSPS) is 11.3. The Morgan fingerprint density at radius 3 is 2.81 bits per heavy atom. The average molecular weight is 428 g/mol. The van der Waals surface area contributed by atoms with Crippen molar-refractivity contribution < 1.29 is 4.74 Å². The summed E-state index contributed by atoms with van der Waals surface area (Å²) in [7, 11) is 1.68. The Morgan fingerprint density at radius 1 is 1.09 bits per heavy atom. The standard InChI is InChI=1S/C24H25N7O/c1-14-19(10-15-3-5-21-17(9-15)13-28-31-21)23(25)30-24(29-14)26-8-7-16-12-27-22-6-4-18(32-2)11-20(16)22/h3-6,9,11-13,27H,7-8,10H2,1-2H3,(H,28,31)(H3,25,26,29,30). The first-order valence-corrected chi connectivity index (χ1v) is 10.5. The molecule has 0 radical (unpaired) electrons. The van der Waals surface area contributed by atoms with Gasteiger partial charge in [-0.2, -0.15) is 10.1 Å². The molecule has 0 saturated heterocycles. The summed E-state index contributed by atoms with van der Waals surface area (Å²) in [5.41, 5.74) is 12.6. The topological polar surface area (TPSA) is 118 Å². The highest BCUT2D eigenvalue weighted by molar-refractivity contribution is 5.84. The Labute approximate surface area is 185 Å². The van der Waals surface area contributed by atoms with Gasteiger partial charge in [-0.15, -0.1) is 0 Å². The molecule has 5 N–H and O–H groups in total. The molecule has 0 amide bonds. The van der Waals surface area contributed by atoms with Gasteiger partial charge in [0.05, 0.1) is 18.8 Å². The fourth-order valence-corrected chi connectivity index (χ4v) is 4.02. The summed E-state index contributed by atoms with van der Waals surface area (Å²) >= 11 is 0. The number of benzene rings is 2. The van der Waals surface area contributed by atoms with Gasteiger partial charge in [0, 0.05) is 46.7 Å². The van der Waals surface area contributed by atoms with Gasteiger partial charge in [0.1, 0.15) is 11.6 Å². The van der Waals surface area contributed by atoms with Gasteiger partial charge in [-0.05, 0) is 54.8 Å². The predicted octanol–water partition coefficient (Wildman–Crippen LogP) is 3.98. The van der Waals surface area contributed by atoms with Gasteiger partial charge >= 0.3 is 0 Å². The minimum atomic E-state index is 0.504. The van der Waals surface area contributed by atoms with Crippen molar-refractivity contribution in [2.45, 2.75) is 19.8 Å². The van der Waals surface area contributed by atoms with Crippen LogP contribution in [0.5, 0.6) is 5.75 Å². The number of hydrogen-bond acceptors (Lipinski definition) is 6. The molecule has 0 aliphatic heterocycles. The largest absolute Gasteiger partial charge is 0.497 e. The van der Waals surface area contributed by atoms with Crippen LogP contribution in [0, 0.1) is 6.92 Å². The Morgan fingerprint density at radius 2 is 1.97 bits per heavy atom. The van der Waals surface area contributed by atoms with Crippen LogP contribution in [0.1, 0.15) is 22.4 Å². The van der Waals surface area contributed by atoms with Crippen molar-refractivity contribution in [2.24, 2.45) is 0 Å². The van der Waals surface area contributed by atoms with E-state index in [4.69, 9.17) is 10.5 Å². The molecular weight excluding hydrogens is 402 g/mol.